The van der Waals surface area contributed by atoms with Crippen LogP contribution in [0.1, 0.15) is 11.1 Å². The molecule has 1 N–H and O–H groups in total. The quantitative estimate of drug-likeness (QED) is 0.484. The minimum atomic E-state index is -0.149. The Labute approximate surface area is 180 Å². The van der Waals surface area contributed by atoms with E-state index in [2.05, 4.69) is 10.3 Å². The second kappa shape index (κ2) is 10.6. The van der Waals surface area contributed by atoms with Crippen LogP contribution in [0.3, 0.4) is 0 Å². The van der Waals surface area contributed by atoms with Gasteiger partial charge in [-0.25, -0.2) is 0 Å². The Hall–Kier alpha value is -2.82. The smallest absolute Gasteiger partial charge is 0.257 e. The number of hydrogen-bond donors (Lipinski definition) is 1. The summed E-state index contributed by atoms with van der Waals surface area (Å²) < 4.78 is 5.53. The first-order chi connectivity index (χ1) is 14.1. The van der Waals surface area contributed by atoms with Crippen molar-refractivity contribution in [2.45, 2.75) is 6.42 Å². The van der Waals surface area contributed by atoms with Crippen molar-refractivity contribution in [3.63, 3.8) is 0 Å². The number of halogens is 2. The molecule has 0 aliphatic heterocycles. The number of amides is 1. The Balaban J connectivity index is 1.44. The van der Waals surface area contributed by atoms with Crippen LogP contribution in [0.4, 0.5) is 5.69 Å². The van der Waals surface area contributed by atoms with Crippen molar-refractivity contribution >= 4 is 41.0 Å². The van der Waals surface area contributed by atoms with Crippen molar-refractivity contribution in [3.05, 3.63) is 94.0 Å². The van der Waals surface area contributed by atoms with Gasteiger partial charge in [0.1, 0.15) is 5.75 Å². The number of rotatable bonds is 8. The molecule has 1 amide bonds. The first kappa shape index (κ1) is 20.9. The molecule has 0 aliphatic carbocycles. The molecule has 3 aromatic rings. The lowest BCUT2D eigenvalue weighted by Gasteiger charge is -2.08. The van der Waals surface area contributed by atoms with E-state index < -0.39 is 0 Å². The van der Waals surface area contributed by atoms with Gasteiger partial charge in [0, 0.05) is 22.8 Å². The van der Waals surface area contributed by atoms with Gasteiger partial charge in [-0.1, -0.05) is 53.5 Å². The monoisotopic (exact) mass is 426 g/mol. The molecular formula is C23H20Cl2N2O2. The maximum Gasteiger partial charge on any atom is 0.257 e. The van der Waals surface area contributed by atoms with Crippen LogP contribution < -0.4 is 10.1 Å². The van der Waals surface area contributed by atoms with Gasteiger partial charge in [-0.3, -0.25) is 9.79 Å². The molecule has 29 heavy (non-hydrogen) atoms. The Morgan fingerprint density at radius 1 is 0.966 bits per heavy atom. The van der Waals surface area contributed by atoms with Crippen molar-refractivity contribution < 1.29 is 9.53 Å². The van der Waals surface area contributed by atoms with Gasteiger partial charge in [0.2, 0.25) is 0 Å². The van der Waals surface area contributed by atoms with Gasteiger partial charge in [0.15, 0.2) is 6.61 Å². The van der Waals surface area contributed by atoms with E-state index >= 15 is 0 Å². The molecule has 4 nitrogen and oxygen atoms in total. The van der Waals surface area contributed by atoms with Crippen LogP contribution in [0, 0.1) is 0 Å². The zero-order valence-electron chi connectivity index (χ0n) is 15.6. The van der Waals surface area contributed by atoms with Crippen molar-refractivity contribution in [1.29, 1.82) is 0 Å². The van der Waals surface area contributed by atoms with Crippen molar-refractivity contribution in [2.24, 2.45) is 4.99 Å². The van der Waals surface area contributed by atoms with Crippen LogP contribution in [0.5, 0.6) is 5.75 Å². The summed E-state index contributed by atoms with van der Waals surface area (Å²) in [7, 11) is 0. The largest absolute Gasteiger partial charge is 0.484 e. The average molecular weight is 427 g/mol. The predicted molar refractivity (Wildman–Crippen MR) is 119 cm³/mol. The van der Waals surface area contributed by atoms with Crippen molar-refractivity contribution in [1.82, 2.24) is 5.32 Å². The summed E-state index contributed by atoms with van der Waals surface area (Å²) in [6.07, 6.45) is 2.50. The lowest BCUT2D eigenvalue weighted by Crippen LogP contribution is -2.30. The van der Waals surface area contributed by atoms with E-state index in [1.165, 1.54) is 5.56 Å². The third kappa shape index (κ3) is 7.26. The molecule has 0 aliphatic rings. The first-order valence-electron chi connectivity index (χ1n) is 9.12. The van der Waals surface area contributed by atoms with Crippen LogP contribution in [0.25, 0.3) is 0 Å². The Kier molecular flexibility index (Phi) is 7.68. The summed E-state index contributed by atoms with van der Waals surface area (Å²) in [6, 6.07) is 22.5. The molecule has 0 bridgehead atoms. The zero-order valence-corrected chi connectivity index (χ0v) is 17.2. The fourth-order valence-electron chi connectivity index (χ4n) is 2.60. The lowest BCUT2D eigenvalue weighted by atomic mass is 10.1. The van der Waals surface area contributed by atoms with Gasteiger partial charge in [0.05, 0.1) is 5.69 Å². The molecule has 0 heterocycles. The number of carbonyl (C=O) groups is 1. The molecular weight excluding hydrogens is 407 g/mol. The fourth-order valence-corrected chi connectivity index (χ4v) is 3.12. The SMILES string of the molecule is O=C(COc1ccc(C=Nc2cc(Cl)cc(Cl)c2)cc1)NCCc1ccccc1. The van der Waals surface area contributed by atoms with Crippen LogP contribution in [-0.2, 0) is 11.2 Å². The number of hydrogen-bond acceptors (Lipinski definition) is 3. The summed E-state index contributed by atoms with van der Waals surface area (Å²) in [5, 5.41) is 3.93. The Bertz CT molecular complexity index is 954. The van der Waals surface area contributed by atoms with Crippen LogP contribution in [0.15, 0.2) is 77.8 Å². The van der Waals surface area contributed by atoms with Gasteiger partial charge < -0.3 is 10.1 Å². The van der Waals surface area contributed by atoms with E-state index in [-0.39, 0.29) is 12.5 Å². The van der Waals surface area contributed by atoms with Gasteiger partial charge in [0.25, 0.3) is 5.91 Å². The average Bonchev–Trinajstić information content (AvgIpc) is 2.72. The lowest BCUT2D eigenvalue weighted by molar-refractivity contribution is -0.123. The van der Waals surface area contributed by atoms with E-state index in [4.69, 9.17) is 27.9 Å². The van der Waals surface area contributed by atoms with Gasteiger partial charge >= 0.3 is 0 Å². The molecule has 148 valence electrons. The number of nitrogens with one attached hydrogen (secondary N) is 1. The predicted octanol–water partition coefficient (Wildman–Crippen LogP) is 5.48. The highest BCUT2D eigenvalue weighted by Crippen LogP contribution is 2.24. The van der Waals surface area contributed by atoms with Crippen LogP contribution in [-0.4, -0.2) is 25.3 Å². The highest BCUT2D eigenvalue weighted by molar-refractivity contribution is 6.35. The molecule has 0 radical (unpaired) electrons. The molecule has 0 atom stereocenters. The maximum atomic E-state index is 11.9. The first-order valence-corrected chi connectivity index (χ1v) is 9.88. The summed E-state index contributed by atoms with van der Waals surface area (Å²) >= 11 is 11.9. The molecule has 6 heteroatoms. The van der Waals surface area contributed by atoms with Crippen molar-refractivity contribution in [3.8, 4) is 5.75 Å². The molecule has 0 aromatic heterocycles. The van der Waals surface area contributed by atoms with E-state index in [1.807, 2.05) is 42.5 Å². The van der Waals surface area contributed by atoms with Gasteiger partial charge in [-0.2, -0.15) is 0 Å². The topological polar surface area (TPSA) is 50.7 Å². The standard InChI is InChI=1S/C23H20Cl2N2O2/c24-19-12-20(25)14-21(13-19)27-15-18-6-8-22(9-7-18)29-16-23(28)26-11-10-17-4-2-1-3-5-17/h1-9,12-15H,10-11,16H2,(H,26,28). The summed E-state index contributed by atoms with van der Waals surface area (Å²) in [4.78, 5) is 16.3. The second-order valence-corrected chi connectivity index (χ2v) is 7.20. The zero-order chi connectivity index (χ0) is 20.5. The van der Waals surface area contributed by atoms with E-state index in [0.29, 0.717) is 28.0 Å². The molecule has 0 unspecified atom stereocenters. The number of nitrogens with zero attached hydrogens (tertiary/aromatic N) is 1. The third-order valence-corrected chi connectivity index (χ3v) is 4.48. The molecule has 3 rings (SSSR count). The molecule has 3 aromatic carbocycles. The van der Waals surface area contributed by atoms with Crippen LogP contribution >= 0.6 is 23.2 Å². The molecule has 0 saturated carbocycles. The number of ether oxygens (including phenoxy) is 1. The maximum absolute atomic E-state index is 11.9. The third-order valence-electron chi connectivity index (χ3n) is 4.04. The number of carbonyl (C=O) groups excluding carboxylic acids is 1. The van der Waals surface area contributed by atoms with E-state index in [0.717, 1.165) is 12.0 Å². The number of benzene rings is 3. The molecule has 0 spiro atoms. The summed E-state index contributed by atoms with van der Waals surface area (Å²) in [5.41, 5.74) is 2.75. The van der Waals surface area contributed by atoms with Gasteiger partial charge in [-0.05, 0) is 60.0 Å². The highest BCUT2D eigenvalue weighted by Gasteiger charge is 2.03. The molecule has 0 saturated heterocycles. The Morgan fingerprint density at radius 3 is 2.34 bits per heavy atom. The fraction of sp³-hybridized carbons (Fsp3) is 0.130. The minimum Gasteiger partial charge on any atom is -0.484 e. The van der Waals surface area contributed by atoms with Crippen molar-refractivity contribution in [2.75, 3.05) is 13.2 Å². The van der Waals surface area contributed by atoms with E-state index in [1.54, 1.807) is 36.5 Å². The summed E-state index contributed by atoms with van der Waals surface area (Å²) in [5.74, 6) is 0.468. The van der Waals surface area contributed by atoms with Gasteiger partial charge in [-0.15, -0.1) is 0 Å². The van der Waals surface area contributed by atoms with Crippen LogP contribution in [0.2, 0.25) is 10.0 Å². The minimum absolute atomic E-state index is 0.0246. The molecule has 0 fully saturated rings. The summed E-state index contributed by atoms with van der Waals surface area (Å²) in [6.45, 7) is 0.554. The highest BCUT2D eigenvalue weighted by atomic mass is 35.5. The number of aliphatic imine (C=N–C) groups is 1. The normalized spacial score (nSPS) is 10.8. The van der Waals surface area contributed by atoms with E-state index in [9.17, 15) is 4.79 Å². The second-order valence-electron chi connectivity index (χ2n) is 6.33. The Morgan fingerprint density at radius 2 is 1.66 bits per heavy atom.